The first-order valence-electron chi connectivity index (χ1n) is 7.43. The number of hydrogen-bond donors (Lipinski definition) is 1. The maximum Gasteiger partial charge on any atom is 0.0692 e. The second kappa shape index (κ2) is 5.41. The zero-order valence-electron chi connectivity index (χ0n) is 12.0. The Morgan fingerprint density at radius 1 is 1.20 bits per heavy atom. The van der Waals surface area contributed by atoms with Crippen LogP contribution in [0.25, 0.3) is 0 Å². The first kappa shape index (κ1) is 13.4. The average molecular weight is 270 g/mol. The summed E-state index contributed by atoms with van der Waals surface area (Å²) < 4.78 is 1.80. The summed E-state index contributed by atoms with van der Waals surface area (Å²) in [5, 5.41) is 15.3. The van der Waals surface area contributed by atoms with Crippen molar-refractivity contribution in [1.82, 2.24) is 9.78 Å². The van der Waals surface area contributed by atoms with Gasteiger partial charge in [0.1, 0.15) is 0 Å². The van der Waals surface area contributed by atoms with Crippen LogP contribution in [0.2, 0.25) is 0 Å². The van der Waals surface area contributed by atoms with E-state index in [-0.39, 0.29) is 11.5 Å². The molecule has 0 spiro atoms. The van der Waals surface area contributed by atoms with Gasteiger partial charge in [0, 0.05) is 25.1 Å². The van der Waals surface area contributed by atoms with Gasteiger partial charge in [0.2, 0.25) is 0 Å². The lowest BCUT2D eigenvalue weighted by atomic mass is 9.73. The van der Waals surface area contributed by atoms with Gasteiger partial charge in [-0.3, -0.25) is 4.68 Å². The van der Waals surface area contributed by atoms with E-state index < -0.39 is 0 Å². The highest BCUT2D eigenvalue weighted by Crippen LogP contribution is 2.44. The summed E-state index contributed by atoms with van der Waals surface area (Å²) >= 11 is 0. The van der Waals surface area contributed by atoms with Crippen molar-refractivity contribution in [2.75, 3.05) is 0 Å². The lowest BCUT2D eigenvalue weighted by Gasteiger charge is -2.34. The normalized spacial score (nSPS) is 19.1. The van der Waals surface area contributed by atoms with Gasteiger partial charge in [-0.15, -0.1) is 0 Å². The molecule has 1 fully saturated rings. The van der Waals surface area contributed by atoms with Crippen LogP contribution in [-0.4, -0.2) is 21.0 Å². The Balaban J connectivity index is 1.87. The van der Waals surface area contributed by atoms with Crippen LogP contribution in [0, 0.1) is 0 Å². The first-order chi connectivity index (χ1) is 9.71. The van der Waals surface area contributed by atoms with Crippen molar-refractivity contribution in [3.8, 4) is 0 Å². The molecule has 1 heterocycles. The number of rotatable bonds is 4. The van der Waals surface area contributed by atoms with Crippen molar-refractivity contribution in [3.05, 3.63) is 53.9 Å². The molecule has 3 heteroatoms. The Labute approximate surface area is 120 Å². The van der Waals surface area contributed by atoms with Crippen molar-refractivity contribution in [1.29, 1.82) is 0 Å². The number of nitrogens with zero attached hydrogens (tertiary/aromatic N) is 2. The Hall–Kier alpha value is -1.61. The highest BCUT2D eigenvalue weighted by molar-refractivity contribution is 5.29. The quantitative estimate of drug-likeness (QED) is 0.927. The van der Waals surface area contributed by atoms with Gasteiger partial charge in [-0.1, -0.05) is 43.2 Å². The van der Waals surface area contributed by atoms with E-state index in [4.69, 9.17) is 0 Å². The van der Waals surface area contributed by atoms with E-state index in [1.165, 1.54) is 18.4 Å². The van der Waals surface area contributed by atoms with Crippen LogP contribution >= 0.6 is 0 Å². The molecule has 3 rings (SSSR count). The maximum absolute atomic E-state index is 10.9. The Morgan fingerprint density at radius 3 is 2.50 bits per heavy atom. The topological polar surface area (TPSA) is 38.0 Å². The predicted octanol–water partition coefficient (Wildman–Crippen LogP) is 2.84. The van der Waals surface area contributed by atoms with Gasteiger partial charge < -0.3 is 5.11 Å². The van der Waals surface area contributed by atoms with Gasteiger partial charge in [0.05, 0.1) is 11.8 Å². The van der Waals surface area contributed by atoms with Crippen LogP contribution in [0.4, 0.5) is 0 Å². The molecule has 1 N–H and O–H groups in total. The fourth-order valence-electron chi connectivity index (χ4n) is 3.56. The molecule has 1 saturated carbocycles. The van der Waals surface area contributed by atoms with E-state index in [1.807, 2.05) is 25.4 Å². The summed E-state index contributed by atoms with van der Waals surface area (Å²) in [6.07, 6.45) is 6.77. The van der Waals surface area contributed by atoms with Gasteiger partial charge in [-0.2, -0.15) is 5.10 Å². The zero-order chi connectivity index (χ0) is 14.0. The van der Waals surface area contributed by atoms with Crippen molar-refractivity contribution in [2.24, 2.45) is 7.05 Å². The summed E-state index contributed by atoms with van der Waals surface area (Å²) in [4.78, 5) is 0. The third-order valence-electron chi connectivity index (χ3n) is 4.65. The van der Waals surface area contributed by atoms with Gasteiger partial charge in [0.25, 0.3) is 0 Å². The molecule has 0 saturated heterocycles. The monoisotopic (exact) mass is 270 g/mol. The highest BCUT2D eigenvalue weighted by atomic mass is 16.3. The minimum atomic E-state index is -0.359. The molecule has 3 nitrogen and oxygen atoms in total. The minimum Gasteiger partial charge on any atom is -0.392 e. The van der Waals surface area contributed by atoms with Crippen LogP contribution < -0.4 is 0 Å². The zero-order valence-corrected chi connectivity index (χ0v) is 12.0. The molecule has 0 radical (unpaired) electrons. The molecule has 1 aliphatic carbocycles. The number of aromatic nitrogens is 2. The molecule has 0 bridgehead atoms. The number of aliphatic hydroxyl groups excluding tert-OH is 1. The third-order valence-corrected chi connectivity index (χ3v) is 4.65. The molecular weight excluding hydrogens is 248 g/mol. The van der Waals surface area contributed by atoms with Crippen LogP contribution in [0.15, 0.2) is 42.6 Å². The molecule has 1 unspecified atom stereocenters. The van der Waals surface area contributed by atoms with E-state index >= 15 is 0 Å². The largest absolute Gasteiger partial charge is 0.392 e. The number of aryl methyl sites for hydroxylation is 1. The molecule has 1 atom stereocenters. The third kappa shape index (κ3) is 2.38. The highest BCUT2D eigenvalue weighted by Gasteiger charge is 2.42. The van der Waals surface area contributed by atoms with Gasteiger partial charge >= 0.3 is 0 Å². The first-order valence-corrected chi connectivity index (χ1v) is 7.43. The molecule has 0 aliphatic heterocycles. The van der Waals surface area contributed by atoms with E-state index in [1.54, 1.807) is 4.68 Å². The van der Waals surface area contributed by atoms with Crippen LogP contribution in [-0.2, 0) is 18.9 Å². The maximum atomic E-state index is 10.9. The van der Waals surface area contributed by atoms with E-state index in [2.05, 4.69) is 29.4 Å². The van der Waals surface area contributed by atoms with Crippen molar-refractivity contribution in [3.63, 3.8) is 0 Å². The van der Waals surface area contributed by atoms with Crippen LogP contribution in [0.5, 0.6) is 0 Å². The Bertz CT molecular complexity index is 555. The summed E-state index contributed by atoms with van der Waals surface area (Å²) in [6, 6.07) is 12.5. The minimum absolute atomic E-state index is 0.0845. The van der Waals surface area contributed by atoms with E-state index in [9.17, 15) is 5.11 Å². The average Bonchev–Trinajstić information content (AvgIpc) is 3.10. The van der Waals surface area contributed by atoms with Gasteiger partial charge in [-0.05, 0) is 24.5 Å². The smallest absolute Gasteiger partial charge is 0.0692 e. The number of benzene rings is 1. The van der Waals surface area contributed by atoms with E-state index in [0.717, 1.165) is 18.5 Å². The lowest BCUT2D eigenvalue weighted by Crippen LogP contribution is -2.38. The molecule has 2 aromatic rings. The fraction of sp³-hybridized carbons (Fsp3) is 0.471. The Kier molecular flexibility index (Phi) is 3.62. The lowest BCUT2D eigenvalue weighted by molar-refractivity contribution is 0.0816. The predicted molar refractivity (Wildman–Crippen MR) is 79.5 cm³/mol. The summed E-state index contributed by atoms with van der Waals surface area (Å²) in [6.45, 7) is 0. The van der Waals surface area contributed by atoms with Crippen LogP contribution in [0.3, 0.4) is 0 Å². The molecule has 0 amide bonds. The fourth-order valence-corrected chi connectivity index (χ4v) is 3.56. The van der Waals surface area contributed by atoms with E-state index in [0.29, 0.717) is 6.42 Å². The standard InChI is InChI=1S/C17H22N2O/c1-19-12-9-15(18-19)13-16(20)17(10-5-6-11-17)14-7-3-2-4-8-14/h2-4,7-9,12,16,20H,5-6,10-11,13H2,1H3. The number of aliphatic hydroxyl groups is 1. The molecular formula is C17H22N2O. The molecule has 106 valence electrons. The van der Waals surface area contributed by atoms with Crippen LogP contribution in [0.1, 0.15) is 36.9 Å². The molecule has 1 aromatic heterocycles. The van der Waals surface area contributed by atoms with Gasteiger partial charge in [0.15, 0.2) is 0 Å². The molecule has 20 heavy (non-hydrogen) atoms. The molecule has 1 aliphatic rings. The summed E-state index contributed by atoms with van der Waals surface area (Å²) in [5.74, 6) is 0. The second-order valence-corrected chi connectivity index (χ2v) is 5.93. The number of hydrogen-bond acceptors (Lipinski definition) is 2. The summed E-state index contributed by atoms with van der Waals surface area (Å²) in [5.41, 5.74) is 2.17. The van der Waals surface area contributed by atoms with Gasteiger partial charge in [-0.25, -0.2) is 0 Å². The van der Waals surface area contributed by atoms with Crippen molar-refractivity contribution in [2.45, 2.75) is 43.6 Å². The second-order valence-electron chi connectivity index (χ2n) is 5.93. The Morgan fingerprint density at radius 2 is 1.90 bits per heavy atom. The van der Waals surface area contributed by atoms with Crippen molar-refractivity contribution < 1.29 is 5.11 Å². The SMILES string of the molecule is Cn1ccc(CC(O)C2(c3ccccc3)CCCC2)n1. The molecule has 1 aromatic carbocycles. The summed E-state index contributed by atoms with van der Waals surface area (Å²) in [7, 11) is 1.92. The van der Waals surface area contributed by atoms with Crippen molar-refractivity contribution >= 4 is 0 Å².